The molecule has 1 aromatic heterocycles. The molecule has 1 aliphatic rings. The van der Waals surface area contributed by atoms with Crippen LogP contribution >= 0.6 is 15.9 Å². The molecule has 0 radical (unpaired) electrons. The van der Waals surface area contributed by atoms with Crippen molar-refractivity contribution >= 4 is 26.0 Å². The maximum atomic E-state index is 13.0. The summed E-state index contributed by atoms with van der Waals surface area (Å²) in [4.78, 5) is 0.349. The van der Waals surface area contributed by atoms with Crippen molar-refractivity contribution in [1.82, 2.24) is 14.1 Å². The Bertz CT molecular complexity index is 874. The molecule has 1 aromatic carbocycles. The van der Waals surface area contributed by atoms with Crippen LogP contribution < -0.4 is 4.74 Å². The summed E-state index contributed by atoms with van der Waals surface area (Å²) < 4.78 is 36.0. The third-order valence-corrected chi connectivity index (χ3v) is 7.24. The first-order valence-corrected chi connectivity index (χ1v) is 11.1. The molecular weight excluding hydrogens is 418 g/mol. The molecule has 0 amide bonds. The van der Waals surface area contributed by atoms with E-state index in [1.165, 1.54) is 0 Å². The fourth-order valence-electron chi connectivity index (χ4n) is 3.31. The molecule has 8 heteroatoms. The summed E-state index contributed by atoms with van der Waals surface area (Å²) in [6.07, 6.45) is 2.94. The molecule has 1 fully saturated rings. The third-order valence-electron chi connectivity index (χ3n) is 4.60. The number of halogens is 1. The topological polar surface area (TPSA) is 64.4 Å². The van der Waals surface area contributed by atoms with Gasteiger partial charge in [-0.3, -0.25) is 4.68 Å². The highest BCUT2D eigenvalue weighted by atomic mass is 79.9. The molecule has 0 unspecified atom stereocenters. The Morgan fingerprint density at radius 3 is 2.62 bits per heavy atom. The van der Waals surface area contributed by atoms with Crippen molar-refractivity contribution in [2.75, 3.05) is 19.7 Å². The summed E-state index contributed by atoms with van der Waals surface area (Å²) >= 11 is 3.41. The van der Waals surface area contributed by atoms with Crippen molar-refractivity contribution in [2.24, 2.45) is 0 Å². The van der Waals surface area contributed by atoms with Crippen LogP contribution in [0.3, 0.4) is 0 Å². The quantitative estimate of drug-likeness (QED) is 0.687. The number of benzene rings is 1. The number of ether oxygens (including phenoxy) is 1. The maximum absolute atomic E-state index is 13.0. The second kappa shape index (κ2) is 8.10. The van der Waals surface area contributed by atoms with Gasteiger partial charge in [-0.2, -0.15) is 9.40 Å². The summed E-state index contributed by atoms with van der Waals surface area (Å²) in [6, 6.07) is 7.63. The van der Waals surface area contributed by atoms with Gasteiger partial charge in [0.05, 0.1) is 17.9 Å². The van der Waals surface area contributed by atoms with Gasteiger partial charge in [-0.25, -0.2) is 8.42 Å². The van der Waals surface area contributed by atoms with Crippen LogP contribution in [-0.4, -0.2) is 42.2 Å². The zero-order valence-electron chi connectivity index (χ0n) is 15.1. The van der Waals surface area contributed by atoms with Gasteiger partial charge in [0.25, 0.3) is 0 Å². The van der Waals surface area contributed by atoms with Crippen LogP contribution in [-0.2, 0) is 16.6 Å². The van der Waals surface area contributed by atoms with Crippen LogP contribution in [0.5, 0.6) is 5.75 Å². The van der Waals surface area contributed by atoms with Crippen molar-refractivity contribution in [3.63, 3.8) is 0 Å². The van der Waals surface area contributed by atoms with Crippen LogP contribution in [0.1, 0.15) is 30.7 Å². The zero-order valence-corrected chi connectivity index (χ0v) is 17.5. The molecule has 1 aliphatic heterocycles. The number of hydrogen-bond donors (Lipinski definition) is 0. The third kappa shape index (κ3) is 4.13. The molecule has 2 heterocycles. The number of piperidine rings is 1. The van der Waals surface area contributed by atoms with Crippen LogP contribution in [0.2, 0.25) is 0 Å². The van der Waals surface area contributed by atoms with Gasteiger partial charge in [-0.15, -0.1) is 0 Å². The highest BCUT2D eigenvalue weighted by molar-refractivity contribution is 9.10. The molecule has 3 rings (SSSR count). The van der Waals surface area contributed by atoms with Crippen LogP contribution in [0.15, 0.2) is 33.6 Å². The van der Waals surface area contributed by atoms with Crippen molar-refractivity contribution in [3.8, 4) is 5.75 Å². The van der Waals surface area contributed by atoms with Gasteiger partial charge in [-0.1, -0.05) is 28.4 Å². The van der Waals surface area contributed by atoms with E-state index in [2.05, 4.69) is 21.0 Å². The SMILES string of the molecule is Cc1nn(CCOc2cccc(Br)c2)c(C)c1S(=O)(=O)N1CCCCC1. The van der Waals surface area contributed by atoms with Crippen molar-refractivity contribution in [3.05, 3.63) is 40.1 Å². The predicted molar refractivity (Wildman–Crippen MR) is 104 cm³/mol. The lowest BCUT2D eigenvalue weighted by Crippen LogP contribution is -2.36. The molecule has 26 heavy (non-hydrogen) atoms. The molecule has 0 spiro atoms. The Morgan fingerprint density at radius 2 is 1.92 bits per heavy atom. The van der Waals surface area contributed by atoms with E-state index >= 15 is 0 Å². The van der Waals surface area contributed by atoms with Gasteiger partial charge in [0.15, 0.2) is 0 Å². The molecule has 0 saturated carbocycles. The van der Waals surface area contributed by atoms with Gasteiger partial charge in [0.1, 0.15) is 17.3 Å². The molecule has 6 nitrogen and oxygen atoms in total. The Labute approximate surface area is 163 Å². The minimum Gasteiger partial charge on any atom is -0.492 e. The standard InChI is InChI=1S/C18H24BrN3O3S/c1-14-18(26(23,24)21-9-4-3-5-10-21)15(2)22(20-14)11-12-25-17-8-6-7-16(19)13-17/h6-8,13H,3-5,9-12H2,1-2H3. The van der Waals surface area contributed by atoms with Crippen LogP contribution in [0.25, 0.3) is 0 Å². The molecule has 0 N–H and O–H groups in total. The molecule has 0 aliphatic carbocycles. The summed E-state index contributed by atoms with van der Waals surface area (Å²) in [7, 11) is -3.48. The predicted octanol–water partition coefficient (Wildman–Crippen LogP) is 3.52. The maximum Gasteiger partial charge on any atom is 0.246 e. The van der Waals surface area contributed by atoms with E-state index in [-0.39, 0.29) is 0 Å². The smallest absolute Gasteiger partial charge is 0.246 e. The minimum atomic E-state index is -3.48. The van der Waals surface area contributed by atoms with E-state index in [4.69, 9.17) is 4.74 Å². The zero-order chi connectivity index (χ0) is 18.7. The van der Waals surface area contributed by atoms with Gasteiger partial charge >= 0.3 is 0 Å². The summed E-state index contributed by atoms with van der Waals surface area (Å²) in [5.41, 5.74) is 1.22. The monoisotopic (exact) mass is 441 g/mol. The van der Waals surface area contributed by atoms with Crippen molar-refractivity contribution in [1.29, 1.82) is 0 Å². The Morgan fingerprint density at radius 1 is 1.19 bits per heavy atom. The van der Waals surface area contributed by atoms with Gasteiger partial charge in [-0.05, 0) is 44.9 Å². The van der Waals surface area contributed by atoms with E-state index < -0.39 is 10.0 Å². The number of nitrogens with zero attached hydrogens (tertiary/aromatic N) is 3. The normalized spacial score (nSPS) is 16.0. The van der Waals surface area contributed by atoms with E-state index in [0.29, 0.717) is 42.5 Å². The lowest BCUT2D eigenvalue weighted by Gasteiger charge is -2.26. The average molecular weight is 442 g/mol. The van der Waals surface area contributed by atoms with Gasteiger partial charge in [0, 0.05) is 17.6 Å². The van der Waals surface area contributed by atoms with Crippen LogP contribution in [0, 0.1) is 13.8 Å². The molecular formula is C18H24BrN3O3S. The number of hydrogen-bond acceptors (Lipinski definition) is 4. The Kier molecular flexibility index (Phi) is 6.04. The van der Waals surface area contributed by atoms with E-state index in [1.807, 2.05) is 31.2 Å². The first-order valence-electron chi connectivity index (χ1n) is 8.82. The second-order valence-electron chi connectivity index (χ2n) is 6.49. The highest BCUT2D eigenvalue weighted by Gasteiger charge is 2.31. The fourth-order valence-corrected chi connectivity index (χ4v) is 5.58. The first kappa shape index (κ1) is 19.4. The number of sulfonamides is 1. The lowest BCUT2D eigenvalue weighted by molar-refractivity contribution is 0.289. The summed E-state index contributed by atoms with van der Waals surface area (Å²) in [6.45, 7) is 5.68. The van der Waals surface area contributed by atoms with Crippen molar-refractivity contribution in [2.45, 2.75) is 44.6 Å². The largest absolute Gasteiger partial charge is 0.492 e. The second-order valence-corrected chi connectivity index (χ2v) is 9.28. The fraction of sp³-hybridized carbons (Fsp3) is 0.500. The van der Waals surface area contributed by atoms with E-state index in [1.54, 1.807) is 15.9 Å². The number of aromatic nitrogens is 2. The first-order chi connectivity index (χ1) is 12.4. The highest BCUT2D eigenvalue weighted by Crippen LogP contribution is 2.26. The average Bonchev–Trinajstić information content (AvgIpc) is 2.90. The molecule has 0 atom stereocenters. The summed E-state index contributed by atoms with van der Waals surface area (Å²) in [5.74, 6) is 0.766. The Hall–Kier alpha value is -1.38. The minimum absolute atomic E-state index is 0.349. The van der Waals surface area contributed by atoms with E-state index in [0.717, 1.165) is 29.5 Å². The Balaban J connectivity index is 1.73. The van der Waals surface area contributed by atoms with Crippen molar-refractivity contribution < 1.29 is 13.2 Å². The molecule has 1 saturated heterocycles. The van der Waals surface area contributed by atoms with Gasteiger partial charge < -0.3 is 4.74 Å². The summed E-state index contributed by atoms with van der Waals surface area (Å²) in [5, 5.41) is 4.44. The lowest BCUT2D eigenvalue weighted by atomic mass is 10.2. The van der Waals surface area contributed by atoms with Gasteiger partial charge in [0.2, 0.25) is 10.0 Å². The number of aryl methyl sites for hydroxylation is 1. The van der Waals surface area contributed by atoms with E-state index in [9.17, 15) is 8.42 Å². The molecule has 142 valence electrons. The molecule has 2 aromatic rings. The van der Waals surface area contributed by atoms with Crippen LogP contribution in [0.4, 0.5) is 0 Å². The number of rotatable bonds is 6. The molecule has 0 bridgehead atoms.